The number of nitrogens with one attached hydrogen (secondary N) is 1. The summed E-state index contributed by atoms with van der Waals surface area (Å²) in [4.78, 5) is 10.2. The van der Waals surface area contributed by atoms with Crippen LogP contribution in [0, 0.1) is 11.6 Å². The van der Waals surface area contributed by atoms with Crippen molar-refractivity contribution >= 4 is 11.7 Å². The van der Waals surface area contributed by atoms with E-state index in [1.807, 2.05) is 0 Å². The summed E-state index contributed by atoms with van der Waals surface area (Å²) < 4.78 is 25.3. The molecule has 0 saturated carbocycles. The molecule has 1 atom stereocenters. The largest absolute Gasteiger partial charge is 0.481 e. The van der Waals surface area contributed by atoms with Gasteiger partial charge in [-0.2, -0.15) is 0 Å². The van der Waals surface area contributed by atoms with Crippen molar-refractivity contribution in [2.45, 2.75) is 12.5 Å². The lowest BCUT2D eigenvalue weighted by atomic mass is 10.2. The number of anilines is 1. The summed E-state index contributed by atoms with van der Waals surface area (Å²) in [5.74, 6) is -3.09. The van der Waals surface area contributed by atoms with Gasteiger partial charge in [0.05, 0.1) is 12.5 Å². The standard InChI is InChI=1S/C10H11F2NO3/c11-8-2-1-6(3-9(8)12)13-5-7(14)4-10(15)16/h1-3,7,13-14H,4-5H2,(H,15,16). The molecule has 0 aliphatic carbocycles. The number of rotatable bonds is 5. The second kappa shape index (κ2) is 5.41. The lowest BCUT2D eigenvalue weighted by Crippen LogP contribution is -2.22. The van der Waals surface area contributed by atoms with Crippen LogP contribution >= 0.6 is 0 Å². The molecule has 6 heteroatoms. The van der Waals surface area contributed by atoms with Crippen LogP contribution in [0.15, 0.2) is 18.2 Å². The molecular weight excluding hydrogens is 220 g/mol. The molecule has 0 aliphatic heterocycles. The molecule has 1 aromatic rings. The normalized spacial score (nSPS) is 12.2. The van der Waals surface area contributed by atoms with Gasteiger partial charge in [0.15, 0.2) is 11.6 Å². The van der Waals surface area contributed by atoms with Gasteiger partial charge in [0.1, 0.15) is 0 Å². The van der Waals surface area contributed by atoms with E-state index in [2.05, 4.69) is 5.32 Å². The van der Waals surface area contributed by atoms with Crippen molar-refractivity contribution in [3.8, 4) is 0 Å². The number of benzene rings is 1. The van der Waals surface area contributed by atoms with Crippen molar-refractivity contribution in [2.24, 2.45) is 0 Å². The molecule has 0 saturated heterocycles. The first-order chi connectivity index (χ1) is 7.49. The Kier molecular flexibility index (Phi) is 4.19. The third-order valence-electron chi connectivity index (χ3n) is 1.87. The van der Waals surface area contributed by atoms with E-state index in [1.165, 1.54) is 6.07 Å². The second-order valence-corrected chi connectivity index (χ2v) is 3.26. The average molecular weight is 231 g/mol. The third-order valence-corrected chi connectivity index (χ3v) is 1.87. The Hall–Kier alpha value is -1.69. The van der Waals surface area contributed by atoms with E-state index in [-0.39, 0.29) is 12.2 Å². The molecule has 0 aromatic heterocycles. The van der Waals surface area contributed by atoms with E-state index >= 15 is 0 Å². The maximum absolute atomic E-state index is 12.7. The van der Waals surface area contributed by atoms with Crippen LogP contribution in [-0.2, 0) is 4.79 Å². The highest BCUT2D eigenvalue weighted by atomic mass is 19.2. The SMILES string of the molecule is O=C(O)CC(O)CNc1ccc(F)c(F)c1. The molecule has 1 rings (SSSR count). The number of halogens is 2. The van der Waals surface area contributed by atoms with E-state index in [0.717, 1.165) is 12.1 Å². The van der Waals surface area contributed by atoms with Crippen LogP contribution in [0.5, 0.6) is 0 Å². The first kappa shape index (κ1) is 12.4. The zero-order valence-corrected chi connectivity index (χ0v) is 8.28. The Morgan fingerprint density at radius 3 is 2.62 bits per heavy atom. The molecule has 0 aliphatic rings. The molecule has 0 radical (unpaired) electrons. The second-order valence-electron chi connectivity index (χ2n) is 3.26. The van der Waals surface area contributed by atoms with Crippen LogP contribution in [0.25, 0.3) is 0 Å². The zero-order chi connectivity index (χ0) is 12.1. The van der Waals surface area contributed by atoms with Crippen molar-refractivity contribution in [3.05, 3.63) is 29.8 Å². The zero-order valence-electron chi connectivity index (χ0n) is 8.28. The van der Waals surface area contributed by atoms with Crippen LogP contribution in [0.2, 0.25) is 0 Å². The van der Waals surface area contributed by atoms with Crippen molar-refractivity contribution in [1.82, 2.24) is 0 Å². The number of aliphatic carboxylic acids is 1. The van der Waals surface area contributed by atoms with Crippen LogP contribution < -0.4 is 5.32 Å². The predicted octanol–water partition coefficient (Wildman–Crippen LogP) is 1.21. The van der Waals surface area contributed by atoms with Gasteiger partial charge >= 0.3 is 5.97 Å². The fraction of sp³-hybridized carbons (Fsp3) is 0.300. The minimum atomic E-state index is -1.13. The van der Waals surface area contributed by atoms with Gasteiger partial charge in [-0.05, 0) is 12.1 Å². The van der Waals surface area contributed by atoms with Crippen molar-refractivity contribution in [1.29, 1.82) is 0 Å². The smallest absolute Gasteiger partial charge is 0.306 e. The molecule has 0 amide bonds. The number of carboxylic acid groups (broad SMARTS) is 1. The van der Waals surface area contributed by atoms with E-state index in [0.29, 0.717) is 0 Å². The first-order valence-electron chi connectivity index (χ1n) is 4.58. The maximum Gasteiger partial charge on any atom is 0.306 e. The highest BCUT2D eigenvalue weighted by Crippen LogP contribution is 2.13. The van der Waals surface area contributed by atoms with Gasteiger partial charge in [-0.25, -0.2) is 8.78 Å². The van der Waals surface area contributed by atoms with E-state index in [9.17, 15) is 18.7 Å². The number of hydrogen-bond acceptors (Lipinski definition) is 3. The molecule has 4 nitrogen and oxygen atoms in total. The highest BCUT2D eigenvalue weighted by molar-refractivity contribution is 5.67. The van der Waals surface area contributed by atoms with Gasteiger partial charge < -0.3 is 15.5 Å². The topological polar surface area (TPSA) is 69.6 Å². The fourth-order valence-electron chi connectivity index (χ4n) is 1.12. The van der Waals surface area contributed by atoms with Crippen molar-refractivity contribution in [3.63, 3.8) is 0 Å². The molecule has 3 N–H and O–H groups in total. The predicted molar refractivity (Wildman–Crippen MR) is 53.1 cm³/mol. The fourth-order valence-corrected chi connectivity index (χ4v) is 1.12. The molecule has 16 heavy (non-hydrogen) atoms. The quantitative estimate of drug-likeness (QED) is 0.712. The summed E-state index contributed by atoms with van der Waals surface area (Å²) in [5, 5.41) is 20.2. The van der Waals surface area contributed by atoms with Crippen molar-refractivity contribution < 1.29 is 23.8 Å². The molecule has 1 aromatic carbocycles. The maximum atomic E-state index is 12.7. The lowest BCUT2D eigenvalue weighted by molar-refractivity contribution is -0.138. The summed E-state index contributed by atoms with van der Waals surface area (Å²) in [6.45, 7) is -0.0443. The van der Waals surface area contributed by atoms with E-state index in [4.69, 9.17) is 5.11 Å². The van der Waals surface area contributed by atoms with Crippen LogP contribution in [0.3, 0.4) is 0 Å². The van der Waals surface area contributed by atoms with E-state index in [1.54, 1.807) is 0 Å². The Bertz CT molecular complexity index is 384. The minimum absolute atomic E-state index is 0.0443. The highest BCUT2D eigenvalue weighted by Gasteiger charge is 2.09. The lowest BCUT2D eigenvalue weighted by Gasteiger charge is -2.10. The number of aliphatic hydroxyl groups is 1. The summed E-state index contributed by atoms with van der Waals surface area (Å²) in [6, 6.07) is 3.18. The Morgan fingerprint density at radius 1 is 1.38 bits per heavy atom. The molecule has 88 valence electrons. The van der Waals surface area contributed by atoms with Crippen molar-refractivity contribution in [2.75, 3.05) is 11.9 Å². The van der Waals surface area contributed by atoms with Gasteiger partial charge in [-0.1, -0.05) is 0 Å². The average Bonchev–Trinajstić information content (AvgIpc) is 2.19. The molecular formula is C10H11F2NO3. The summed E-state index contributed by atoms with van der Waals surface area (Å²) in [7, 11) is 0. The summed E-state index contributed by atoms with van der Waals surface area (Å²) >= 11 is 0. The van der Waals surface area contributed by atoms with Gasteiger partial charge in [-0.15, -0.1) is 0 Å². The number of aliphatic hydroxyl groups excluding tert-OH is 1. The summed E-state index contributed by atoms with van der Waals surface area (Å²) in [6.07, 6.45) is -1.48. The molecule has 0 spiro atoms. The van der Waals surface area contributed by atoms with Gasteiger partial charge in [-0.3, -0.25) is 4.79 Å². The van der Waals surface area contributed by atoms with E-state index < -0.39 is 30.1 Å². The van der Waals surface area contributed by atoms with Gasteiger partial charge in [0.25, 0.3) is 0 Å². The number of carbonyl (C=O) groups is 1. The van der Waals surface area contributed by atoms with Crippen LogP contribution in [-0.4, -0.2) is 28.8 Å². The molecule has 1 unspecified atom stereocenters. The van der Waals surface area contributed by atoms with Gasteiger partial charge in [0.2, 0.25) is 0 Å². The molecule has 0 bridgehead atoms. The van der Waals surface area contributed by atoms with Gasteiger partial charge in [0, 0.05) is 18.3 Å². The molecule has 0 heterocycles. The Morgan fingerprint density at radius 2 is 2.06 bits per heavy atom. The minimum Gasteiger partial charge on any atom is -0.481 e. The molecule has 0 fully saturated rings. The number of hydrogen-bond donors (Lipinski definition) is 3. The Labute approximate surface area is 90.5 Å². The summed E-state index contributed by atoms with van der Waals surface area (Å²) in [5.41, 5.74) is 0.281. The van der Waals surface area contributed by atoms with Crippen LogP contribution in [0.1, 0.15) is 6.42 Å². The first-order valence-corrected chi connectivity index (χ1v) is 4.58. The third kappa shape index (κ3) is 3.82. The number of carboxylic acids is 1. The monoisotopic (exact) mass is 231 g/mol. The Balaban J connectivity index is 2.48. The van der Waals surface area contributed by atoms with Crippen LogP contribution in [0.4, 0.5) is 14.5 Å².